The van der Waals surface area contributed by atoms with Crippen molar-refractivity contribution < 1.29 is 12.8 Å². The Hall–Kier alpha value is 0.320. The average Bonchev–Trinajstić information content (AvgIpc) is 2.12. The SMILES string of the molecule is CCCCCCN(Br)S(=O)(=O)CCF. The normalized spacial score (nSPS) is 12.3. The van der Waals surface area contributed by atoms with Crippen LogP contribution in [-0.2, 0) is 10.0 Å². The molecule has 6 heteroatoms. The highest BCUT2D eigenvalue weighted by atomic mass is 79.9. The fourth-order valence-corrected chi connectivity index (χ4v) is 2.48. The van der Waals surface area contributed by atoms with Crippen molar-refractivity contribution in [2.24, 2.45) is 0 Å². The lowest BCUT2D eigenvalue weighted by atomic mass is 10.2. The van der Waals surface area contributed by atoms with Crippen LogP contribution in [0.5, 0.6) is 0 Å². The summed E-state index contributed by atoms with van der Waals surface area (Å²) in [6, 6.07) is 0. The van der Waals surface area contributed by atoms with Gasteiger partial charge in [0, 0.05) is 22.7 Å². The van der Waals surface area contributed by atoms with Gasteiger partial charge in [-0.05, 0) is 6.42 Å². The van der Waals surface area contributed by atoms with Gasteiger partial charge >= 0.3 is 0 Å². The van der Waals surface area contributed by atoms with E-state index in [-0.39, 0.29) is 0 Å². The zero-order valence-electron chi connectivity index (χ0n) is 8.38. The fraction of sp³-hybridized carbons (Fsp3) is 1.00. The third kappa shape index (κ3) is 5.93. The van der Waals surface area contributed by atoms with Crippen molar-refractivity contribution in [2.75, 3.05) is 19.0 Å². The van der Waals surface area contributed by atoms with Crippen molar-refractivity contribution in [2.45, 2.75) is 32.6 Å². The molecule has 0 fully saturated rings. The molecule has 0 atom stereocenters. The van der Waals surface area contributed by atoms with Gasteiger partial charge in [0.2, 0.25) is 10.0 Å². The lowest BCUT2D eigenvalue weighted by molar-refractivity contribution is 0.495. The first kappa shape index (κ1) is 14.3. The molecule has 0 radical (unpaired) electrons. The van der Waals surface area contributed by atoms with Crippen molar-refractivity contribution in [1.29, 1.82) is 0 Å². The zero-order chi connectivity index (χ0) is 11.0. The minimum Gasteiger partial charge on any atom is -0.250 e. The Morgan fingerprint density at radius 1 is 1.29 bits per heavy atom. The molecule has 0 amide bonds. The monoisotopic (exact) mass is 289 g/mol. The zero-order valence-corrected chi connectivity index (χ0v) is 10.8. The molecule has 0 saturated carbocycles. The number of hydrogen-bond acceptors (Lipinski definition) is 2. The highest BCUT2D eigenvalue weighted by Gasteiger charge is 2.18. The Morgan fingerprint density at radius 3 is 2.43 bits per heavy atom. The lowest BCUT2D eigenvalue weighted by Gasteiger charge is -2.13. The van der Waals surface area contributed by atoms with Crippen molar-refractivity contribution in [3.63, 3.8) is 0 Å². The summed E-state index contributed by atoms with van der Waals surface area (Å²) in [5, 5.41) is 0. The predicted octanol–water partition coefficient (Wildman–Crippen LogP) is 2.48. The van der Waals surface area contributed by atoms with Crippen LogP contribution in [0.1, 0.15) is 32.6 Å². The first-order valence-electron chi connectivity index (χ1n) is 4.76. The molecule has 0 aromatic heterocycles. The van der Waals surface area contributed by atoms with Crippen LogP contribution in [0.4, 0.5) is 4.39 Å². The van der Waals surface area contributed by atoms with Crippen molar-refractivity contribution >= 4 is 26.2 Å². The lowest BCUT2D eigenvalue weighted by Crippen LogP contribution is -2.25. The first-order chi connectivity index (χ1) is 6.54. The van der Waals surface area contributed by atoms with Crippen LogP contribution < -0.4 is 0 Å². The number of nitrogens with zero attached hydrogens (tertiary/aromatic N) is 1. The predicted molar refractivity (Wildman–Crippen MR) is 59.5 cm³/mol. The quantitative estimate of drug-likeness (QED) is 0.509. The van der Waals surface area contributed by atoms with E-state index in [0.717, 1.165) is 29.0 Å². The topological polar surface area (TPSA) is 37.4 Å². The van der Waals surface area contributed by atoms with Gasteiger partial charge in [0.05, 0.1) is 5.75 Å². The molecule has 0 aliphatic heterocycles. The van der Waals surface area contributed by atoms with Crippen LogP contribution in [0.25, 0.3) is 0 Å². The van der Waals surface area contributed by atoms with Crippen LogP contribution in [0.2, 0.25) is 0 Å². The molecule has 0 N–H and O–H groups in total. The van der Waals surface area contributed by atoms with Gasteiger partial charge < -0.3 is 0 Å². The van der Waals surface area contributed by atoms with Gasteiger partial charge in [-0.15, -0.1) is 3.33 Å². The second-order valence-corrected chi connectivity index (χ2v) is 6.42. The Morgan fingerprint density at radius 2 is 1.93 bits per heavy atom. The minimum atomic E-state index is -3.42. The summed E-state index contributed by atoms with van der Waals surface area (Å²) in [5.41, 5.74) is 0. The van der Waals surface area contributed by atoms with E-state index in [1.54, 1.807) is 0 Å². The van der Waals surface area contributed by atoms with E-state index in [4.69, 9.17) is 0 Å². The summed E-state index contributed by atoms with van der Waals surface area (Å²) in [6.45, 7) is 1.67. The molecule has 0 bridgehead atoms. The molecule has 0 aromatic carbocycles. The number of unbranched alkanes of at least 4 members (excludes halogenated alkanes) is 3. The van der Waals surface area contributed by atoms with Crippen molar-refractivity contribution in [3.8, 4) is 0 Å². The van der Waals surface area contributed by atoms with Gasteiger partial charge in [-0.2, -0.15) is 0 Å². The summed E-state index contributed by atoms with van der Waals surface area (Å²) in [4.78, 5) is 0. The summed E-state index contributed by atoms with van der Waals surface area (Å²) >= 11 is 2.93. The molecule has 0 aliphatic rings. The van der Waals surface area contributed by atoms with E-state index in [9.17, 15) is 12.8 Å². The van der Waals surface area contributed by atoms with Gasteiger partial charge in [0.25, 0.3) is 0 Å². The van der Waals surface area contributed by atoms with E-state index in [1.165, 1.54) is 0 Å². The van der Waals surface area contributed by atoms with E-state index in [0.29, 0.717) is 6.54 Å². The minimum absolute atomic E-state index is 0.419. The maximum atomic E-state index is 11.9. The van der Waals surface area contributed by atoms with Crippen molar-refractivity contribution in [3.05, 3.63) is 0 Å². The fourth-order valence-electron chi connectivity index (χ4n) is 0.999. The van der Waals surface area contributed by atoms with Crippen LogP contribution in [0.3, 0.4) is 0 Å². The van der Waals surface area contributed by atoms with E-state index < -0.39 is 22.5 Å². The third-order valence-corrected chi connectivity index (χ3v) is 4.96. The summed E-state index contributed by atoms with van der Waals surface area (Å²) < 4.78 is 35.4. The molecule has 3 nitrogen and oxygen atoms in total. The first-order valence-corrected chi connectivity index (χ1v) is 7.08. The van der Waals surface area contributed by atoms with Crippen molar-refractivity contribution in [1.82, 2.24) is 3.33 Å². The van der Waals surface area contributed by atoms with Gasteiger partial charge in [-0.3, -0.25) is 0 Å². The molecule has 0 saturated heterocycles. The number of hydrogen-bond donors (Lipinski definition) is 0. The number of sulfonamides is 1. The molecule has 0 aliphatic carbocycles. The van der Waals surface area contributed by atoms with E-state index in [1.807, 2.05) is 0 Å². The van der Waals surface area contributed by atoms with Crippen LogP contribution in [0, 0.1) is 0 Å². The van der Waals surface area contributed by atoms with Gasteiger partial charge in [-0.1, -0.05) is 26.2 Å². The molecule has 0 heterocycles. The number of rotatable bonds is 8. The van der Waals surface area contributed by atoms with Crippen LogP contribution >= 0.6 is 16.1 Å². The Kier molecular flexibility index (Phi) is 7.76. The highest BCUT2D eigenvalue weighted by molar-refractivity contribution is 9.08. The molecule has 0 unspecified atom stereocenters. The highest BCUT2D eigenvalue weighted by Crippen LogP contribution is 2.11. The summed E-state index contributed by atoms with van der Waals surface area (Å²) in [6.07, 6.45) is 4.03. The molecule has 86 valence electrons. The van der Waals surface area contributed by atoms with Gasteiger partial charge in [-0.25, -0.2) is 12.8 Å². The summed E-state index contributed by atoms with van der Waals surface area (Å²) in [7, 11) is -3.42. The smallest absolute Gasteiger partial charge is 0.226 e. The Bertz CT molecular complexity index is 233. The largest absolute Gasteiger partial charge is 0.250 e. The van der Waals surface area contributed by atoms with E-state index in [2.05, 4.69) is 23.1 Å². The molecular formula is C8H17BrFNO2S. The summed E-state index contributed by atoms with van der Waals surface area (Å²) in [5.74, 6) is -0.438. The standard InChI is InChI=1S/C8H17BrFNO2S/c1-2-3-4-5-7-11(9)14(12,13)8-6-10/h2-8H2,1H3. The van der Waals surface area contributed by atoms with Crippen LogP contribution in [0.15, 0.2) is 0 Å². The van der Waals surface area contributed by atoms with Gasteiger partial charge in [0.1, 0.15) is 6.67 Å². The Balaban J connectivity index is 3.78. The number of alkyl halides is 1. The number of halogens is 2. The second-order valence-electron chi connectivity index (χ2n) is 3.08. The van der Waals surface area contributed by atoms with Gasteiger partial charge in [0.15, 0.2) is 0 Å². The third-order valence-electron chi connectivity index (χ3n) is 1.82. The molecular weight excluding hydrogens is 273 g/mol. The molecule has 0 spiro atoms. The second kappa shape index (κ2) is 7.59. The maximum Gasteiger partial charge on any atom is 0.226 e. The maximum absolute atomic E-state index is 11.9. The Labute approximate surface area is 94.1 Å². The molecule has 0 rings (SSSR count). The molecule has 0 aromatic rings. The van der Waals surface area contributed by atoms with E-state index >= 15 is 0 Å². The average molecular weight is 290 g/mol. The molecule has 14 heavy (non-hydrogen) atoms. The van der Waals surface area contributed by atoms with Crippen LogP contribution in [-0.4, -0.2) is 30.7 Å².